The molecule has 0 aliphatic carbocycles. The minimum Gasteiger partial charge on any atom is -0.508 e. The van der Waals surface area contributed by atoms with Crippen LogP contribution < -0.4 is 0 Å². The first kappa shape index (κ1) is 13.7. The van der Waals surface area contributed by atoms with Crippen molar-refractivity contribution in [1.82, 2.24) is 4.90 Å². The van der Waals surface area contributed by atoms with Gasteiger partial charge in [-0.05, 0) is 29.8 Å². The summed E-state index contributed by atoms with van der Waals surface area (Å²) in [4.78, 5) is 13.6. The molecule has 0 fully saturated rings. The van der Waals surface area contributed by atoms with Crippen LogP contribution >= 0.6 is 0 Å². The van der Waals surface area contributed by atoms with Crippen molar-refractivity contribution in [2.24, 2.45) is 0 Å². The molecular formula is C15H15NO4. The number of carbonyl (C=O) groups excluding carboxylic acids is 1. The molecule has 1 amide bonds. The summed E-state index contributed by atoms with van der Waals surface area (Å²) < 4.78 is 0. The van der Waals surface area contributed by atoms with Gasteiger partial charge in [0.05, 0.1) is 0 Å². The van der Waals surface area contributed by atoms with Gasteiger partial charge in [-0.1, -0.05) is 18.2 Å². The molecule has 3 N–H and O–H groups in total. The van der Waals surface area contributed by atoms with E-state index >= 15 is 0 Å². The second-order valence-electron chi connectivity index (χ2n) is 4.50. The minimum absolute atomic E-state index is 0.117. The van der Waals surface area contributed by atoms with E-state index in [1.54, 1.807) is 19.2 Å². The van der Waals surface area contributed by atoms with Gasteiger partial charge < -0.3 is 20.2 Å². The zero-order valence-corrected chi connectivity index (χ0v) is 10.9. The second kappa shape index (κ2) is 5.52. The van der Waals surface area contributed by atoms with Gasteiger partial charge in [0.1, 0.15) is 22.8 Å². The normalized spacial score (nSPS) is 10.2. The number of rotatable bonds is 3. The lowest BCUT2D eigenvalue weighted by Crippen LogP contribution is -2.26. The fourth-order valence-corrected chi connectivity index (χ4v) is 1.89. The van der Waals surface area contributed by atoms with Crippen LogP contribution in [0.1, 0.15) is 15.9 Å². The summed E-state index contributed by atoms with van der Waals surface area (Å²) in [5.41, 5.74) is 0.710. The Hall–Kier alpha value is -2.69. The molecule has 0 atom stereocenters. The lowest BCUT2D eigenvalue weighted by molar-refractivity contribution is 0.0779. The maximum Gasteiger partial charge on any atom is 0.261 e. The first-order valence-electron chi connectivity index (χ1n) is 6.03. The quantitative estimate of drug-likeness (QED) is 0.799. The Morgan fingerprint density at radius 2 is 1.55 bits per heavy atom. The third kappa shape index (κ3) is 2.83. The molecule has 0 bridgehead atoms. The Labute approximate surface area is 116 Å². The molecule has 2 rings (SSSR count). The van der Waals surface area contributed by atoms with E-state index in [2.05, 4.69) is 0 Å². The lowest BCUT2D eigenvalue weighted by Gasteiger charge is -2.18. The van der Waals surface area contributed by atoms with Crippen molar-refractivity contribution >= 4 is 5.91 Å². The number of phenolic OH excluding ortho intramolecular Hbond substituents is 3. The maximum absolute atomic E-state index is 12.2. The zero-order chi connectivity index (χ0) is 14.7. The molecule has 5 nitrogen and oxygen atoms in total. The third-order valence-electron chi connectivity index (χ3n) is 2.94. The van der Waals surface area contributed by atoms with E-state index in [9.17, 15) is 20.1 Å². The van der Waals surface area contributed by atoms with Crippen molar-refractivity contribution in [3.8, 4) is 17.2 Å². The highest BCUT2D eigenvalue weighted by Gasteiger charge is 2.19. The molecule has 0 aliphatic heterocycles. The summed E-state index contributed by atoms with van der Waals surface area (Å²) in [6.07, 6.45) is 0. The van der Waals surface area contributed by atoms with Crippen LogP contribution in [0.4, 0.5) is 0 Å². The van der Waals surface area contributed by atoms with Crippen LogP contribution in [0.25, 0.3) is 0 Å². The van der Waals surface area contributed by atoms with Crippen LogP contribution in [0, 0.1) is 0 Å². The fourth-order valence-electron chi connectivity index (χ4n) is 1.89. The van der Waals surface area contributed by atoms with Gasteiger partial charge in [-0.3, -0.25) is 4.79 Å². The summed E-state index contributed by atoms with van der Waals surface area (Å²) in [5.74, 6) is -0.838. The van der Waals surface area contributed by atoms with Gasteiger partial charge in [0.15, 0.2) is 0 Å². The predicted octanol–water partition coefficient (Wildman–Crippen LogP) is 2.08. The molecule has 0 heterocycles. The molecule has 0 saturated carbocycles. The van der Waals surface area contributed by atoms with Gasteiger partial charge in [0, 0.05) is 13.6 Å². The van der Waals surface area contributed by atoms with Crippen LogP contribution in [0.3, 0.4) is 0 Å². The summed E-state index contributed by atoms with van der Waals surface area (Å²) in [6.45, 7) is 0.298. The lowest BCUT2D eigenvalue weighted by atomic mass is 10.1. The van der Waals surface area contributed by atoms with Crippen molar-refractivity contribution in [2.75, 3.05) is 7.05 Å². The van der Waals surface area contributed by atoms with E-state index < -0.39 is 5.91 Å². The molecule has 2 aromatic carbocycles. The van der Waals surface area contributed by atoms with Crippen molar-refractivity contribution in [3.05, 3.63) is 53.6 Å². The van der Waals surface area contributed by atoms with Gasteiger partial charge in [0.2, 0.25) is 0 Å². The Morgan fingerprint density at radius 1 is 1.00 bits per heavy atom. The predicted molar refractivity (Wildman–Crippen MR) is 73.7 cm³/mol. The smallest absolute Gasteiger partial charge is 0.261 e. The first-order chi connectivity index (χ1) is 9.49. The number of hydrogen-bond acceptors (Lipinski definition) is 4. The van der Waals surface area contributed by atoms with Crippen LogP contribution in [-0.2, 0) is 6.54 Å². The van der Waals surface area contributed by atoms with Crippen LogP contribution in [0.15, 0.2) is 42.5 Å². The molecule has 0 aliphatic rings. The second-order valence-corrected chi connectivity index (χ2v) is 4.50. The van der Waals surface area contributed by atoms with Crippen LogP contribution in [-0.4, -0.2) is 33.2 Å². The SMILES string of the molecule is CN(Cc1ccc(O)cc1)C(=O)c1c(O)cccc1O. The summed E-state index contributed by atoms with van der Waals surface area (Å²) in [6, 6.07) is 10.6. The monoisotopic (exact) mass is 273 g/mol. The molecular weight excluding hydrogens is 258 g/mol. The number of phenols is 3. The number of aromatic hydroxyl groups is 3. The van der Waals surface area contributed by atoms with E-state index in [1.807, 2.05) is 0 Å². The summed E-state index contributed by atoms with van der Waals surface area (Å²) in [7, 11) is 1.57. The molecule has 104 valence electrons. The largest absolute Gasteiger partial charge is 0.508 e. The zero-order valence-electron chi connectivity index (χ0n) is 10.9. The Morgan fingerprint density at radius 3 is 2.10 bits per heavy atom. The summed E-state index contributed by atoms with van der Waals surface area (Å²) >= 11 is 0. The minimum atomic E-state index is -0.478. The molecule has 0 radical (unpaired) electrons. The van der Waals surface area contributed by atoms with Gasteiger partial charge >= 0.3 is 0 Å². The fraction of sp³-hybridized carbons (Fsp3) is 0.133. The average molecular weight is 273 g/mol. The standard InChI is InChI=1S/C15H15NO4/c1-16(9-10-5-7-11(17)8-6-10)15(20)14-12(18)3-2-4-13(14)19/h2-8,17-19H,9H2,1H3. The number of carbonyl (C=O) groups is 1. The number of benzene rings is 2. The van der Waals surface area contributed by atoms with Gasteiger partial charge in [-0.2, -0.15) is 0 Å². The Bertz CT molecular complexity index is 602. The molecule has 0 unspecified atom stereocenters. The van der Waals surface area contributed by atoms with Crippen molar-refractivity contribution in [2.45, 2.75) is 6.54 Å². The van der Waals surface area contributed by atoms with E-state index in [0.29, 0.717) is 6.54 Å². The average Bonchev–Trinajstić information content (AvgIpc) is 2.41. The molecule has 2 aromatic rings. The van der Waals surface area contributed by atoms with Crippen molar-refractivity contribution in [1.29, 1.82) is 0 Å². The van der Waals surface area contributed by atoms with Crippen LogP contribution in [0.5, 0.6) is 17.2 Å². The topological polar surface area (TPSA) is 81.0 Å². The van der Waals surface area contributed by atoms with Gasteiger partial charge in [-0.25, -0.2) is 0 Å². The Balaban J connectivity index is 2.18. The van der Waals surface area contributed by atoms with E-state index in [4.69, 9.17) is 0 Å². The molecule has 0 spiro atoms. The van der Waals surface area contributed by atoms with Crippen molar-refractivity contribution in [3.63, 3.8) is 0 Å². The highest BCUT2D eigenvalue weighted by Crippen LogP contribution is 2.27. The molecule has 5 heteroatoms. The molecule has 20 heavy (non-hydrogen) atoms. The molecule has 0 aromatic heterocycles. The van der Waals surface area contributed by atoms with Crippen molar-refractivity contribution < 1.29 is 20.1 Å². The summed E-state index contributed by atoms with van der Waals surface area (Å²) in [5, 5.41) is 28.5. The van der Waals surface area contributed by atoms with Gasteiger partial charge in [-0.15, -0.1) is 0 Å². The highest BCUT2D eigenvalue weighted by molar-refractivity contribution is 5.99. The Kier molecular flexibility index (Phi) is 3.79. The van der Waals surface area contributed by atoms with E-state index in [0.717, 1.165) is 5.56 Å². The van der Waals surface area contributed by atoms with Crippen LogP contribution in [0.2, 0.25) is 0 Å². The first-order valence-corrected chi connectivity index (χ1v) is 6.03. The van der Waals surface area contributed by atoms with E-state index in [1.165, 1.54) is 35.2 Å². The third-order valence-corrected chi connectivity index (χ3v) is 2.94. The highest BCUT2D eigenvalue weighted by atomic mass is 16.3. The number of nitrogens with zero attached hydrogens (tertiary/aromatic N) is 1. The van der Waals surface area contributed by atoms with E-state index in [-0.39, 0.29) is 22.8 Å². The molecule has 0 saturated heterocycles. The maximum atomic E-state index is 12.2. The number of hydrogen-bond donors (Lipinski definition) is 3. The number of amides is 1. The van der Waals surface area contributed by atoms with Gasteiger partial charge in [0.25, 0.3) is 5.91 Å².